The fourth-order valence-electron chi connectivity index (χ4n) is 21.3. The molecule has 10 heterocycles. The van der Waals surface area contributed by atoms with Gasteiger partial charge in [0.2, 0.25) is 17.7 Å². The molecule has 12 atom stereocenters. The minimum absolute atomic E-state index is 0.0113. The highest BCUT2D eigenvalue weighted by Crippen LogP contribution is 2.60. The summed E-state index contributed by atoms with van der Waals surface area (Å²) in [6.45, 7) is 18.1. The first kappa shape index (κ1) is 88.5. The molecule has 4 unspecified atom stereocenters. The summed E-state index contributed by atoms with van der Waals surface area (Å²) < 4.78 is 18.9. The van der Waals surface area contributed by atoms with E-state index in [1.54, 1.807) is 13.8 Å². The molecule has 18 rings (SSSR count). The third-order valence-corrected chi connectivity index (χ3v) is 28.1. The number of aromatic nitrogens is 8. The molecule has 7 N–H and O–H groups in total. The van der Waals surface area contributed by atoms with Crippen LogP contribution < -0.4 is 16.0 Å². The number of ether oxygens (including phenoxy) is 4. The lowest BCUT2D eigenvalue weighted by atomic mass is 9.82. The molecule has 5 aliphatic heterocycles. The first-order valence-corrected chi connectivity index (χ1v) is 45.6. The van der Waals surface area contributed by atoms with Crippen molar-refractivity contribution < 1.29 is 62.4 Å². The van der Waals surface area contributed by atoms with E-state index in [0.717, 1.165) is 143 Å². The summed E-state index contributed by atoms with van der Waals surface area (Å²) in [4.78, 5) is 145. The first-order chi connectivity index (χ1) is 61.3. The number of likely N-dealkylation sites (tertiary alicyclic amines) is 3. The third kappa shape index (κ3) is 18.1. The van der Waals surface area contributed by atoms with Gasteiger partial charge in [0.25, 0.3) is 0 Å². The van der Waals surface area contributed by atoms with Crippen molar-refractivity contribution in [2.75, 3.05) is 54.6 Å². The molecule has 0 spiro atoms. The average Bonchev–Trinajstić information content (AvgIpc) is 1.59. The number of aliphatic carboxylic acids is 1. The zero-order valence-corrected chi connectivity index (χ0v) is 74.9. The number of hydrogen-bond acceptors (Lipinski definition) is 19. The molecule has 6 fully saturated rings. The van der Waals surface area contributed by atoms with Crippen molar-refractivity contribution in [2.24, 2.45) is 40.5 Å². The van der Waals surface area contributed by atoms with E-state index in [1.807, 2.05) is 81.0 Å². The number of rotatable bonds is 24. The second-order valence-corrected chi connectivity index (χ2v) is 37.1. The van der Waals surface area contributed by atoms with Gasteiger partial charge >= 0.3 is 30.1 Å². The lowest BCUT2D eigenvalue weighted by Crippen LogP contribution is -2.51. The normalized spacial score (nSPS) is 21.6. The molecular formula is C99H119N15O13. The molecule has 4 bridgehead atoms. The Morgan fingerprint density at radius 2 is 0.913 bits per heavy atom. The van der Waals surface area contributed by atoms with E-state index >= 15 is 0 Å². The number of carbonyl (C=O) groups is 8. The van der Waals surface area contributed by atoms with Gasteiger partial charge in [-0.25, -0.2) is 24.5 Å². The molecule has 5 aromatic heterocycles. The number of esters is 2. The Labute approximate surface area is 740 Å². The van der Waals surface area contributed by atoms with Crippen LogP contribution in [0.15, 0.2) is 115 Å². The number of carboxylic acids is 1. The molecule has 0 radical (unpaired) electrons. The minimum Gasteiger partial charge on any atom is -0.481 e. The Kier molecular flexibility index (Phi) is 26.4. The fraction of sp³-hybridized carbons (Fsp3) is 0.495. The molecular weight excluding hydrogens is 1610 g/mol. The molecule has 4 aliphatic carbocycles. The predicted octanol–water partition coefficient (Wildman–Crippen LogP) is 17.1. The lowest BCUT2D eigenvalue weighted by molar-refractivity contribution is -0.151. The molecule has 2 saturated carbocycles. The van der Waals surface area contributed by atoms with Crippen molar-refractivity contribution in [3.05, 3.63) is 155 Å². The summed E-state index contributed by atoms with van der Waals surface area (Å²) in [5.41, 5.74) is 24.1. The average molecular weight is 1730 g/mol. The van der Waals surface area contributed by atoms with E-state index in [-0.39, 0.29) is 78.3 Å². The molecule has 127 heavy (non-hydrogen) atoms. The topological polar surface area (TPSA) is 364 Å². The van der Waals surface area contributed by atoms with E-state index in [9.17, 15) is 38.4 Å². The number of methoxy groups -OCH3 is 4. The van der Waals surface area contributed by atoms with Crippen LogP contribution in [0.5, 0.6) is 0 Å². The zero-order chi connectivity index (χ0) is 89.3. The van der Waals surface area contributed by atoms with Gasteiger partial charge < -0.3 is 69.7 Å². The summed E-state index contributed by atoms with van der Waals surface area (Å²) in [5, 5.41) is 17.7. The number of benzene rings is 4. The molecule has 28 heteroatoms. The maximum atomic E-state index is 13.8. The number of nitrogens with one attached hydrogen (secondary N) is 6. The summed E-state index contributed by atoms with van der Waals surface area (Å²) in [6.07, 6.45) is 21.8. The molecule has 9 aliphatic rings. The number of amides is 5. The molecule has 4 saturated heterocycles. The highest BCUT2D eigenvalue weighted by Gasteiger charge is 2.46. The van der Waals surface area contributed by atoms with Crippen LogP contribution >= 0.6 is 0 Å². The Hall–Kier alpha value is -11.9. The number of H-pyrrole nitrogens is 3. The van der Waals surface area contributed by atoms with Crippen molar-refractivity contribution in [3.63, 3.8) is 0 Å². The van der Waals surface area contributed by atoms with Gasteiger partial charge in [0.15, 0.2) is 0 Å². The highest BCUT2D eigenvalue weighted by molar-refractivity contribution is 6.04. The summed E-state index contributed by atoms with van der Waals surface area (Å²) >= 11 is 0. The number of carbonyl (C=O) groups excluding carboxylic acids is 7. The molecule has 5 amide bonds. The van der Waals surface area contributed by atoms with Gasteiger partial charge in [0.1, 0.15) is 29.6 Å². The third-order valence-electron chi connectivity index (χ3n) is 28.1. The SMILES string of the molecule is COC(=O)C[C@H](C(=O)N1CCC[C@H]1C1=NC=C(c2ccc(-c3ccc(-c4ccc5nc([C@@H]6CCCN6C(=O)[C@@H](NC(=O)OC)C(C)C)[nH]c5c4)c4c3C3CCC4C3)nc2)C1)C(C)C.COC(=O)C[C@H](C(=O)O)C(C)C.COC(=O)N[C@H](C(=O)N1CCC[C@H]1c1ncc(-c2ccc(-c3ccc(-c4ccc5nc([C@@H]6CCCN6)[nH]c5c4)c4c3C3CCC4C3)nc2)[nH]1)C(C)C. The van der Waals surface area contributed by atoms with Crippen LogP contribution in [0.25, 0.3) is 83.7 Å². The highest BCUT2D eigenvalue weighted by atomic mass is 16.5. The van der Waals surface area contributed by atoms with Crippen LogP contribution in [-0.4, -0.2) is 186 Å². The van der Waals surface area contributed by atoms with Crippen LogP contribution in [0.2, 0.25) is 0 Å². The largest absolute Gasteiger partial charge is 0.481 e. The first-order valence-electron chi connectivity index (χ1n) is 45.6. The number of aliphatic imine (C=N–C) groups is 1. The quantitative estimate of drug-likeness (QED) is 0.0218. The zero-order valence-electron chi connectivity index (χ0n) is 74.9. The Balaban J connectivity index is 0.000000167. The van der Waals surface area contributed by atoms with Gasteiger partial charge in [-0.15, -0.1) is 0 Å². The molecule has 4 aromatic carbocycles. The smallest absolute Gasteiger partial charge is 0.407 e. The van der Waals surface area contributed by atoms with Crippen molar-refractivity contribution in [2.45, 2.75) is 224 Å². The Morgan fingerprint density at radius 3 is 1.38 bits per heavy atom. The number of pyridine rings is 2. The van der Waals surface area contributed by atoms with Gasteiger partial charge in [-0.2, -0.15) is 0 Å². The minimum atomic E-state index is -0.949. The van der Waals surface area contributed by atoms with Crippen molar-refractivity contribution in [3.8, 4) is 56.0 Å². The summed E-state index contributed by atoms with van der Waals surface area (Å²) in [7, 11) is 5.23. The second-order valence-electron chi connectivity index (χ2n) is 37.1. The number of hydrogen-bond donors (Lipinski definition) is 7. The Morgan fingerprint density at radius 1 is 0.457 bits per heavy atom. The van der Waals surface area contributed by atoms with Crippen LogP contribution in [0.1, 0.15) is 252 Å². The molecule has 668 valence electrons. The van der Waals surface area contributed by atoms with Crippen molar-refractivity contribution in [1.29, 1.82) is 0 Å². The number of allylic oxidation sites excluding steroid dienone is 1. The predicted molar refractivity (Wildman–Crippen MR) is 484 cm³/mol. The maximum Gasteiger partial charge on any atom is 0.407 e. The van der Waals surface area contributed by atoms with E-state index in [1.165, 1.54) is 117 Å². The number of imidazole rings is 3. The summed E-state index contributed by atoms with van der Waals surface area (Å²) in [6, 6.07) is 29.3. The molecule has 9 aromatic rings. The van der Waals surface area contributed by atoms with E-state index in [4.69, 9.17) is 49.2 Å². The molecule has 28 nitrogen and oxygen atoms in total. The number of aromatic amines is 3. The van der Waals surface area contributed by atoms with Crippen molar-refractivity contribution >= 4 is 81.2 Å². The fourth-order valence-corrected chi connectivity index (χ4v) is 21.3. The Bertz CT molecular complexity index is 5700. The standard InChI is InChI=1S/C50H59N7O6.C41H46N8O3.C8H14O4/c1-27(2)36(24-43(58)62-5)48(59)56-19-7-9-41(56)40-23-33(26-52-40)32-14-17-37(51-25-32)35-16-15-34(44-30-11-12-31(21-30)45(35)44)29-13-18-38-39(22-29)54-47(53-38)42-10-8-20-57(42)49(60)46(28(3)4)55-50(61)63-6;1-22(2)37(48-41(51)52-3)40(50)49-17-5-7-34(49)39-44-21-33(47-39)26-11-14-29(43-20-26)28-13-12-27(35-24-8-9-25(18-24)36(28)35)23-10-15-30-32(19-23)46-38(45-30)31-6-4-16-42-31;1-5(2)6(8(10)11)4-7(9)12-3/h13-18,22,25-28,30-31,36,41-42,46H,7-12,19-21,23-24H2,1-6H3,(H,53,54)(H,55,61);10-15,19-22,24-25,31,34,37,42H,4-9,16-18H2,1-3H3,(H,44,47)(H,45,46)(H,48,51);5-6H,4H2,1-3H3,(H,10,11)/t30?,31?,36-,41-,42-,46-;24?,25?,31-,34-,37-;6-/m000/s1. The van der Waals surface area contributed by atoms with Crippen LogP contribution in [-0.2, 0) is 47.7 Å². The van der Waals surface area contributed by atoms with Gasteiger partial charge in [0.05, 0.1) is 123 Å². The van der Waals surface area contributed by atoms with E-state index < -0.39 is 48.0 Å². The van der Waals surface area contributed by atoms with E-state index in [0.29, 0.717) is 55.8 Å². The monoisotopic (exact) mass is 1730 g/mol. The van der Waals surface area contributed by atoms with Gasteiger partial charge in [0, 0.05) is 67.1 Å². The number of nitrogens with zero attached hydrogens (tertiary/aromatic N) is 9. The maximum absolute atomic E-state index is 13.8. The number of alkyl carbamates (subject to hydrolysis) is 2. The van der Waals surface area contributed by atoms with Crippen LogP contribution in [0.4, 0.5) is 9.59 Å². The number of fused-ring (bicyclic) bond motifs is 12. The van der Waals surface area contributed by atoms with Gasteiger partial charge in [-0.3, -0.25) is 43.7 Å². The van der Waals surface area contributed by atoms with Gasteiger partial charge in [-0.05, 0) is 242 Å². The van der Waals surface area contributed by atoms with E-state index in [2.05, 4.69) is 121 Å². The van der Waals surface area contributed by atoms with Crippen LogP contribution in [0.3, 0.4) is 0 Å². The summed E-state index contributed by atoms with van der Waals surface area (Å²) in [5.74, 6) is 1.43. The van der Waals surface area contributed by atoms with Gasteiger partial charge in [-0.1, -0.05) is 97.9 Å². The van der Waals surface area contributed by atoms with Crippen molar-refractivity contribution in [1.82, 2.24) is 70.5 Å². The number of carboxylic acid groups (broad SMARTS) is 1. The second kappa shape index (κ2) is 37.9. The lowest BCUT2D eigenvalue weighted by Gasteiger charge is -2.30. The van der Waals surface area contributed by atoms with Crippen LogP contribution in [0, 0.1) is 35.5 Å².